The van der Waals surface area contributed by atoms with Gasteiger partial charge in [0.25, 0.3) is 0 Å². The maximum atomic E-state index is 14.1. The number of carbonyl (C=O) groups excluding carboxylic acids is 1. The van der Waals surface area contributed by atoms with Crippen molar-refractivity contribution in [3.05, 3.63) is 101 Å². The maximum Gasteiger partial charge on any atom is 0.435 e. The Bertz CT molecular complexity index is 1990. The van der Waals surface area contributed by atoms with Gasteiger partial charge in [-0.1, -0.05) is 75.2 Å². The van der Waals surface area contributed by atoms with E-state index in [2.05, 4.69) is 48.8 Å². The Hall–Kier alpha value is -3.96. The third kappa shape index (κ3) is 6.20. The third-order valence-electron chi connectivity index (χ3n) is 10.8. The minimum Gasteiger partial charge on any atom is -0.469 e. The summed E-state index contributed by atoms with van der Waals surface area (Å²) in [4.78, 5) is 13.2. The van der Waals surface area contributed by atoms with Gasteiger partial charge in [-0.25, -0.2) is 17.8 Å². The van der Waals surface area contributed by atoms with Crippen LogP contribution in [-0.4, -0.2) is 31.3 Å². The number of halogens is 3. The molecule has 49 heavy (non-hydrogen) atoms. The van der Waals surface area contributed by atoms with Crippen LogP contribution in [0.4, 0.5) is 13.2 Å². The molecule has 11 heteroatoms. The number of aryl methyl sites for hydroxylation is 1. The van der Waals surface area contributed by atoms with E-state index in [4.69, 9.17) is 4.74 Å². The molecule has 1 saturated carbocycles. The molecule has 2 aliphatic rings. The maximum absolute atomic E-state index is 14.1. The van der Waals surface area contributed by atoms with Crippen LogP contribution >= 0.6 is 0 Å². The minimum absolute atomic E-state index is 0.0365. The quantitative estimate of drug-likeness (QED) is 0.196. The number of alkyl halides is 3. The summed E-state index contributed by atoms with van der Waals surface area (Å²) >= 11 is 0. The van der Waals surface area contributed by atoms with Crippen molar-refractivity contribution < 1.29 is 31.1 Å². The summed E-state index contributed by atoms with van der Waals surface area (Å²) in [5.41, 5.74) is 2.82. The van der Waals surface area contributed by atoms with Crippen molar-refractivity contribution >= 4 is 16.0 Å². The summed E-state index contributed by atoms with van der Waals surface area (Å²) in [6.45, 7) is 10.2. The second-order valence-electron chi connectivity index (χ2n) is 14.3. The highest BCUT2D eigenvalue weighted by atomic mass is 32.2. The summed E-state index contributed by atoms with van der Waals surface area (Å²) in [7, 11) is -2.72. The number of aromatic nitrogens is 2. The lowest BCUT2D eigenvalue weighted by molar-refractivity contribution is -0.161. The predicted octanol–water partition coefficient (Wildman–Crippen LogP) is 8.65. The largest absolute Gasteiger partial charge is 0.469 e. The summed E-state index contributed by atoms with van der Waals surface area (Å²) in [6.07, 6.45) is -1.90. The Balaban J connectivity index is 1.37. The molecule has 1 fully saturated rings. The zero-order chi connectivity index (χ0) is 35.5. The fourth-order valence-electron chi connectivity index (χ4n) is 8.09. The van der Waals surface area contributed by atoms with Gasteiger partial charge in [0.05, 0.1) is 28.8 Å². The fraction of sp³-hybridized carbons (Fsp3) is 0.421. The molecule has 4 atom stereocenters. The van der Waals surface area contributed by atoms with Crippen LogP contribution in [0.25, 0.3) is 16.9 Å². The van der Waals surface area contributed by atoms with Gasteiger partial charge in [-0.05, 0) is 97.4 Å². The van der Waals surface area contributed by atoms with Crippen molar-refractivity contribution in [3.8, 4) is 16.9 Å². The molecule has 0 bridgehead atoms. The van der Waals surface area contributed by atoms with Gasteiger partial charge in [-0.2, -0.15) is 18.3 Å². The van der Waals surface area contributed by atoms with Crippen LogP contribution in [0.15, 0.2) is 77.7 Å². The molecule has 0 unspecified atom stereocenters. The Morgan fingerprint density at radius 1 is 1.00 bits per heavy atom. The fourth-order valence-corrected chi connectivity index (χ4v) is 9.31. The molecule has 260 valence electrons. The van der Waals surface area contributed by atoms with E-state index >= 15 is 0 Å². The number of carbonyl (C=O) groups is 1. The number of sulfonamides is 1. The first kappa shape index (κ1) is 34.9. The predicted molar refractivity (Wildman–Crippen MR) is 182 cm³/mol. The molecule has 1 aromatic heterocycles. The monoisotopic (exact) mass is 693 g/mol. The molecular formula is C38H42F3N3O4S. The first-order valence-electron chi connectivity index (χ1n) is 16.6. The van der Waals surface area contributed by atoms with Gasteiger partial charge in [0.15, 0.2) is 5.69 Å². The normalized spacial score (nSPS) is 24.0. The Labute approximate surface area is 285 Å². The van der Waals surface area contributed by atoms with E-state index in [0.29, 0.717) is 18.4 Å². The van der Waals surface area contributed by atoms with Crippen molar-refractivity contribution in [1.82, 2.24) is 14.5 Å². The van der Waals surface area contributed by atoms with Crippen LogP contribution in [0.3, 0.4) is 0 Å². The molecule has 7 nitrogen and oxygen atoms in total. The highest BCUT2D eigenvalue weighted by Crippen LogP contribution is 2.60. The second-order valence-corrected chi connectivity index (χ2v) is 16.0. The lowest BCUT2D eigenvalue weighted by atomic mass is 9.49. The number of methoxy groups -OCH3 is 1. The van der Waals surface area contributed by atoms with Crippen LogP contribution in [0.1, 0.15) is 93.3 Å². The summed E-state index contributed by atoms with van der Waals surface area (Å²) in [5, 5.41) is 3.85. The number of esters is 1. The van der Waals surface area contributed by atoms with Crippen LogP contribution in [-0.2, 0) is 31.1 Å². The van der Waals surface area contributed by atoms with E-state index in [1.807, 2.05) is 13.8 Å². The standard InChI is InChI=1S/C38H42F3N3O4S/c1-23(2)26-12-17-30-29(20-26)31(21-33-36(30,4)18-7-19-37(33,5)35(45)48-6)43-49(46,47)28-15-13-27(14-16-28)44-32(22-34(42-44)38(39,40)41)25-10-8-24(3)9-11-25/h8-17,20,22-23,31,33,43H,7,18-19,21H2,1-6H3/t31-,33-,36-,37-/m1/s1. The first-order valence-corrected chi connectivity index (χ1v) is 18.1. The van der Waals surface area contributed by atoms with Crippen molar-refractivity contribution in [2.45, 2.75) is 88.7 Å². The lowest BCUT2D eigenvalue weighted by Gasteiger charge is -2.55. The summed E-state index contributed by atoms with van der Waals surface area (Å²) in [6, 6.07) is 19.4. The molecule has 0 aliphatic heterocycles. The molecule has 0 saturated heterocycles. The number of hydrogen-bond donors (Lipinski definition) is 1. The minimum atomic E-state index is -4.66. The van der Waals surface area contributed by atoms with Crippen molar-refractivity contribution in [2.24, 2.45) is 11.3 Å². The number of fused-ring (bicyclic) bond motifs is 3. The van der Waals surface area contributed by atoms with Gasteiger partial charge in [-0.15, -0.1) is 0 Å². The van der Waals surface area contributed by atoms with Crippen molar-refractivity contribution in [3.63, 3.8) is 0 Å². The molecular weight excluding hydrogens is 651 g/mol. The number of rotatable bonds is 7. The Morgan fingerprint density at radius 2 is 1.67 bits per heavy atom. The van der Waals surface area contributed by atoms with E-state index in [1.165, 1.54) is 36.1 Å². The highest BCUT2D eigenvalue weighted by molar-refractivity contribution is 7.89. The number of benzene rings is 3. The molecule has 0 spiro atoms. The molecule has 4 aromatic rings. The molecule has 1 heterocycles. The van der Waals surface area contributed by atoms with Crippen molar-refractivity contribution in [1.29, 1.82) is 0 Å². The topological polar surface area (TPSA) is 90.3 Å². The van der Waals surface area contributed by atoms with Gasteiger partial charge in [0, 0.05) is 11.6 Å². The van der Waals surface area contributed by atoms with Crippen molar-refractivity contribution in [2.75, 3.05) is 7.11 Å². The van der Waals surface area contributed by atoms with E-state index in [-0.39, 0.29) is 39.5 Å². The van der Waals surface area contributed by atoms with Gasteiger partial charge in [0.1, 0.15) is 0 Å². The SMILES string of the molecule is COC(=O)[C@]1(C)CCC[C@]2(C)c3ccc(C(C)C)cc3[C@H](NS(=O)(=O)c3ccc(-n4nc(C(F)(F)F)cc4-c4ccc(C)cc4)cc3)C[C@@H]12. The Morgan fingerprint density at radius 3 is 2.29 bits per heavy atom. The van der Waals surface area contributed by atoms with E-state index < -0.39 is 33.4 Å². The van der Waals surface area contributed by atoms with E-state index in [0.717, 1.165) is 41.2 Å². The molecule has 0 radical (unpaired) electrons. The Kier molecular flexibility index (Phi) is 8.84. The van der Waals surface area contributed by atoms with Crippen LogP contribution in [0.5, 0.6) is 0 Å². The summed E-state index contributed by atoms with van der Waals surface area (Å²) < 4.78 is 78.8. The van der Waals surface area contributed by atoms with E-state index in [1.54, 1.807) is 24.3 Å². The van der Waals surface area contributed by atoms with Gasteiger partial charge < -0.3 is 4.74 Å². The number of nitrogens with zero attached hydrogens (tertiary/aromatic N) is 2. The number of ether oxygens (including phenoxy) is 1. The molecule has 6 rings (SSSR count). The van der Waals surface area contributed by atoms with Crippen LogP contribution in [0.2, 0.25) is 0 Å². The zero-order valence-corrected chi connectivity index (χ0v) is 29.4. The molecule has 0 amide bonds. The molecule has 2 aliphatic carbocycles. The molecule has 3 aromatic carbocycles. The van der Waals surface area contributed by atoms with Gasteiger partial charge in [0.2, 0.25) is 10.0 Å². The highest BCUT2D eigenvalue weighted by Gasteiger charge is 2.57. The number of hydrogen-bond acceptors (Lipinski definition) is 5. The van der Waals surface area contributed by atoms with E-state index in [9.17, 15) is 26.4 Å². The number of nitrogens with one attached hydrogen (secondary N) is 1. The van der Waals surface area contributed by atoms with Crippen LogP contribution < -0.4 is 4.72 Å². The molecule has 1 N–H and O–H groups in total. The average molecular weight is 694 g/mol. The zero-order valence-electron chi connectivity index (χ0n) is 28.6. The average Bonchev–Trinajstić information content (AvgIpc) is 3.52. The third-order valence-corrected chi connectivity index (χ3v) is 12.3. The second kappa shape index (κ2) is 12.4. The van der Waals surface area contributed by atoms with Crippen LogP contribution in [0, 0.1) is 18.3 Å². The lowest BCUT2D eigenvalue weighted by Crippen LogP contribution is -2.54. The first-order chi connectivity index (χ1) is 23.0. The van der Waals surface area contributed by atoms with Gasteiger partial charge >= 0.3 is 12.1 Å². The van der Waals surface area contributed by atoms with Gasteiger partial charge in [-0.3, -0.25) is 4.79 Å². The smallest absolute Gasteiger partial charge is 0.435 e. The summed E-state index contributed by atoms with van der Waals surface area (Å²) in [5.74, 6) is -0.256.